The molecule has 4 aliphatic heterocycles. The summed E-state index contributed by atoms with van der Waals surface area (Å²) in [7, 11) is 0. The van der Waals surface area contributed by atoms with Crippen LogP contribution in [-0.4, -0.2) is 42.5 Å². The molecular weight excluding hydrogens is 832 g/mol. The molecule has 0 amide bonds. The zero-order valence-corrected chi connectivity index (χ0v) is 36.5. The molecule has 11 nitrogen and oxygen atoms in total. The topological polar surface area (TPSA) is 135 Å². The summed E-state index contributed by atoms with van der Waals surface area (Å²) in [6, 6.07) is 8.99. The minimum atomic E-state index is -0.337. The van der Waals surface area contributed by atoms with Crippen molar-refractivity contribution in [1.29, 1.82) is 0 Å². The Balaban J connectivity index is 1.50. The molecule has 12 heteroatoms. The Morgan fingerprint density at radius 3 is 0.750 bits per heavy atom. The highest BCUT2D eigenvalue weighted by molar-refractivity contribution is 9.08. The number of alkyl halides is 1. The van der Waals surface area contributed by atoms with E-state index in [0.717, 1.165) is 101 Å². The van der Waals surface area contributed by atoms with Gasteiger partial charge in [-0.3, -0.25) is 0 Å². The van der Waals surface area contributed by atoms with Gasteiger partial charge >= 0.3 is 0 Å². The molecule has 0 aromatic heterocycles. The highest BCUT2D eigenvalue weighted by atomic mass is 79.9. The Morgan fingerprint density at radius 1 is 0.383 bits per heavy atom. The molecule has 0 spiro atoms. The van der Waals surface area contributed by atoms with E-state index in [9.17, 15) is 15.3 Å². The van der Waals surface area contributed by atoms with Crippen LogP contribution < -0.4 is 37.9 Å². The van der Waals surface area contributed by atoms with Gasteiger partial charge in [-0.2, -0.15) is 0 Å². The first kappa shape index (κ1) is 41.0. The second kappa shape index (κ2) is 17.2. The first-order chi connectivity index (χ1) is 29.5. The van der Waals surface area contributed by atoms with Gasteiger partial charge in [-0.05, 0) is 49.9 Å². The molecule has 320 valence electrons. The van der Waals surface area contributed by atoms with Crippen molar-refractivity contribution in [3.63, 3.8) is 0 Å². The van der Waals surface area contributed by atoms with Crippen LogP contribution >= 0.6 is 15.9 Å². The third kappa shape index (κ3) is 6.46. The molecule has 1 aliphatic carbocycles. The van der Waals surface area contributed by atoms with Gasteiger partial charge in [0.25, 0.3) is 0 Å². The fourth-order valence-electron chi connectivity index (χ4n) is 10.6. The number of aliphatic hydroxyl groups excluding tert-OH is 3. The summed E-state index contributed by atoms with van der Waals surface area (Å²) in [6.07, 6.45) is 6.41. The molecule has 4 atom stereocenters. The van der Waals surface area contributed by atoms with Crippen molar-refractivity contribution in [1.82, 2.24) is 0 Å². The van der Waals surface area contributed by atoms with Crippen molar-refractivity contribution < 1.29 is 53.2 Å². The van der Waals surface area contributed by atoms with E-state index >= 15 is 0 Å². The lowest BCUT2D eigenvalue weighted by atomic mass is 9.74. The van der Waals surface area contributed by atoms with E-state index in [1.165, 1.54) is 0 Å². The molecule has 4 unspecified atom stereocenters. The van der Waals surface area contributed by atoms with Crippen LogP contribution in [0.15, 0.2) is 24.3 Å². The van der Waals surface area contributed by atoms with Gasteiger partial charge in [0, 0.05) is 79.1 Å². The van der Waals surface area contributed by atoms with E-state index < -0.39 is 0 Å². The third-order valence-electron chi connectivity index (χ3n) is 13.1. The second-order valence-corrected chi connectivity index (χ2v) is 16.9. The normalized spacial score (nSPS) is 20.3. The lowest BCUT2D eigenvalue weighted by Gasteiger charge is -2.37. The van der Waals surface area contributed by atoms with Gasteiger partial charge in [0.2, 0.25) is 27.2 Å². The average Bonchev–Trinajstić information content (AvgIpc) is 3.24. The summed E-state index contributed by atoms with van der Waals surface area (Å²) in [5.74, 6) is 3.75. The van der Waals surface area contributed by atoms with Crippen LogP contribution in [0.3, 0.4) is 0 Å². The molecule has 3 N–H and O–H groups in total. The third-order valence-corrected chi connectivity index (χ3v) is 13.6. The molecule has 0 fully saturated rings. The van der Waals surface area contributed by atoms with Crippen LogP contribution in [0, 0.1) is 0 Å². The van der Waals surface area contributed by atoms with Crippen molar-refractivity contribution >= 4 is 15.9 Å². The molecule has 60 heavy (non-hydrogen) atoms. The van der Waals surface area contributed by atoms with Gasteiger partial charge in [-0.15, -0.1) is 0 Å². The maximum absolute atomic E-state index is 11.3. The number of aliphatic hydroxyl groups is 3. The molecule has 4 aromatic rings. The number of ether oxygens (including phenoxy) is 8. The van der Waals surface area contributed by atoms with Gasteiger partial charge in [0.1, 0.15) is 46.0 Å². The summed E-state index contributed by atoms with van der Waals surface area (Å²) >= 11 is 3.85. The SMILES string of the molecule is CCCC1c2cc3c4c(CO)c2OCOc2c1cc1c(c2CO)OCOc2c(cc5c(c2CBr)OCOc2c(cc(c(c2CO)OCO4)C3CCC)C5CCC)C1CCC. The van der Waals surface area contributed by atoms with E-state index in [0.29, 0.717) is 68.0 Å². The fourth-order valence-corrected chi connectivity index (χ4v) is 11.2. The van der Waals surface area contributed by atoms with Crippen LogP contribution in [0.5, 0.6) is 46.0 Å². The first-order valence-corrected chi connectivity index (χ1v) is 22.8. The highest BCUT2D eigenvalue weighted by Gasteiger charge is 2.41. The van der Waals surface area contributed by atoms with Crippen LogP contribution in [0.25, 0.3) is 0 Å². The lowest BCUT2D eigenvalue weighted by molar-refractivity contribution is 0.0898. The van der Waals surface area contributed by atoms with Gasteiger partial charge in [0.05, 0.1) is 36.5 Å². The Labute approximate surface area is 359 Å². The van der Waals surface area contributed by atoms with Gasteiger partial charge in [-0.1, -0.05) is 69.3 Å². The van der Waals surface area contributed by atoms with E-state index in [1.807, 2.05) is 0 Å². The number of halogens is 1. The van der Waals surface area contributed by atoms with Gasteiger partial charge < -0.3 is 53.2 Å². The maximum atomic E-state index is 11.3. The Bertz CT molecular complexity index is 1850. The Hall–Kier alpha value is -4.36. The number of hydrogen-bond donors (Lipinski definition) is 3. The van der Waals surface area contributed by atoms with Crippen molar-refractivity contribution in [2.45, 2.75) is 128 Å². The minimum absolute atomic E-state index is 0.102. The van der Waals surface area contributed by atoms with Crippen molar-refractivity contribution in [3.8, 4) is 46.0 Å². The summed E-state index contributed by atoms with van der Waals surface area (Å²) in [6.45, 7) is 7.18. The largest absolute Gasteiger partial charge is 0.457 e. The molecule has 4 aromatic carbocycles. The second-order valence-electron chi connectivity index (χ2n) is 16.4. The zero-order valence-electron chi connectivity index (χ0n) is 34.9. The smallest absolute Gasteiger partial charge is 0.230 e. The van der Waals surface area contributed by atoms with Gasteiger partial charge in [-0.25, -0.2) is 0 Å². The van der Waals surface area contributed by atoms with Crippen molar-refractivity contribution in [2.75, 3.05) is 27.2 Å². The summed E-state index contributed by atoms with van der Waals surface area (Å²) in [5, 5.41) is 34.4. The molecule has 9 rings (SSSR count). The fraction of sp³-hybridized carbons (Fsp3) is 0.500. The molecule has 4 heterocycles. The van der Waals surface area contributed by atoms with Crippen LogP contribution in [0.2, 0.25) is 0 Å². The van der Waals surface area contributed by atoms with E-state index in [1.54, 1.807) is 0 Å². The van der Waals surface area contributed by atoms with Crippen molar-refractivity contribution in [2.24, 2.45) is 0 Å². The minimum Gasteiger partial charge on any atom is -0.457 e. The zero-order chi connectivity index (χ0) is 41.7. The molecule has 8 bridgehead atoms. The Kier molecular flexibility index (Phi) is 11.7. The standard InChI is InChI=1S/C48H55BrO11/c1-5-9-25-29-13-30-26(10-6-2)32-15-34-28(12-8-4)36-16-35-27(11-7-3)33-14-31(25)43-38(18-50)45(33)57-23-59-47(35)40(20-52)48(36)60-24-58-46(34)39(19-51)44(32)56-22-54-42(30)37(17-49)41(29)53-21-55-43/h13-16,25-28,50-52H,5-12,17-24H2,1-4H3. The van der Waals surface area contributed by atoms with Gasteiger partial charge in [0.15, 0.2) is 0 Å². The number of rotatable bonds is 12. The molecule has 0 saturated heterocycles. The average molecular weight is 888 g/mol. The molecule has 5 aliphatic rings. The number of benzene rings is 4. The van der Waals surface area contributed by atoms with Crippen LogP contribution in [-0.2, 0) is 25.2 Å². The Morgan fingerprint density at radius 2 is 0.583 bits per heavy atom. The molecule has 0 saturated carbocycles. The first-order valence-electron chi connectivity index (χ1n) is 21.7. The van der Waals surface area contributed by atoms with E-state index in [4.69, 9.17) is 37.9 Å². The quantitative estimate of drug-likeness (QED) is 0.117. The summed E-state index contributed by atoms with van der Waals surface area (Å²) in [5.41, 5.74) is 10.2. The highest BCUT2D eigenvalue weighted by Crippen LogP contribution is 2.58. The monoisotopic (exact) mass is 886 g/mol. The predicted molar refractivity (Wildman–Crippen MR) is 228 cm³/mol. The lowest BCUT2D eigenvalue weighted by Crippen LogP contribution is -2.25. The molecular formula is C48H55BrO11. The maximum Gasteiger partial charge on any atom is 0.230 e. The van der Waals surface area contributed by atoms with Crippen molar-refractivity contribution in [3.05, 3.63) is 91.0 Å². The summed E-state index contributed by atoms with van der Waals surface area (Å²) in [4.78, 5) is 0. The van der Waals surface area contributed by atoms with E-state index in [-0.39, 0.29) is 70.7 Å². The number of hydrogen-bond acceptors (Lipinski definition) is 11. The summed E-state index contributed by atoms with van der Waals surface area (Å²) < 4.78 is 52.7. The van der Waals surface area contributed by atoms with Crippen LogP contribution in [0.4, 0.5) is 0 Å². The molecule has 0 radical (unpaired) electrons. The predicted octanol–water partition coefficient (Wildman–Crippen LogP) is 10.0. The van der Waals surface area contributed by atoms with Crippen LogP contribution in [0.1, 0.15) is 169 Å². The van der Waals surface area contributed by atoms with E-state index in [2.05, 4.69) is 67.9 Å².